The van der Waals surface area contributed by atoms with Crippen molar-refractivity contribution in [3.05, 3.63) is 54.6 Å². The Hall–Kier alpha value is -2.49. The second-order valence-corrected chi connectivity index (χ2v) is 4.80. The van der Waals surface area contributed by atoms with Crippen molar-refractivity contribution in [1.29, 1.82) is 0 Å². The Labute approximate surface area is 125 Å². The largest absolute Gasteiger partial charge is 0.495 e. The van der Waals surface area contributed by atoms with Crippen LogP contribution in [0.4, 0.5) is 11.4 Å². The van der Waals surface area contributed by atoms with Crippen molar-refractivity contribution in [2.45, 2.75) is 13.0 Å². The van der Waals surface area contributed by atoms with E-state index in [9.17, 15) is 4.79 Å². The molecular formula is C17H20N2O2. The van der Waals surface area contributed by atoms with Crippen LogP contribution >= 0.6 is 0 Å². The SMILES string of the molecule is COc1ccccc1NC(C)C(=O)N(C)c1ccccc1. The molecule has 0 aliphatic carbocycles. The zero-order valence-corrected chi connectivity index (χ0v) is 12.5. The lowest BCUT2D eigenvalue weighted by Crippen LogP contribution is -2.39. The fourth-order valence-corrected chi connectivity index (χ4v) is 2.13. The Morgan fingerprint density at radius 3 is 2.38 bits per heavy atom. The second kappa shape index (κ2) is 6.79. The zero-order valence-electron chi connectivity index (χ0n) is 12.5. The number of rotatable bonds is 5. The molecule has 21 heavy (non-hydrogen) atoms. The minimum atomic E-state index is -0.355. The molecule has 0 saturated heterocycles. The van der Waals surface area contributed by atoms with E-state index in [1.165, 1.54) is 0 Å². The number of nitrogens with zero attached hydrogens (tertiary/aromatic N) is 1. The first-order valence-corrected chi connectivity index (χ1v) is 6.85. The van der Waals surface area contributed by atoms with E-state index in [4.69, 9.17) is 4.74 Å². The Morgan fingerprint density at radius 2 is 1.71 bits per heavy atom. The highest BCUT2D eigenvalue weighted by Crippen LogP contribution is 2.24. The number of para-hydroxylation sites is 3. The molecule has 0 aliphatic rings. The molecule has 1 N–H and O–H groups in total. The van der Waals surface area contributed by atoms with Crippen LogP contribution in [-0.4, -0.2) is 26.1 Å². The van der Waals surface area contributed by atoms with Crippen LogP contribution in [0.5, 0.6) is 5.75 Å². The lowest BCUT2D eigenvalue weighted by molar-refractivity contribution is -0.118. The van der Waals surface area contributed by atoms with Crippen molar-refractivity contribution in [3.63, 3.8) is 0 Å². The van der Waals surface area contributed by atoms with Crippen molar-refractivity contribution in [2.24, 2.45) is 0 Å². The third-order valence-electron chi connectivity index (χ3n) is 3.32. The molecule has 110 valence electrons. The highest BCUT2D eigenvalue weighted by Gasteiger charge is 2.19. The van der Waals surface area contributed by atoms with Gasteiger partial charge in [-0.2, -0.15) is 0 Å². The number of hydrogen-bond donors (Lipinski definition) is 1. The van der Waals surface area contributed by atoms with Crippen molar-refractivity contribution in [1.82, 2.24) is 0 Å². The van der Waals surface area contributed by atoms with E-state index in [1.807, 2.05) is 61.5 Å². The third-order valence-corrected chi connectivity index (χ3v) is 3.32. The molecule has 1 atom stereocenters. The van der Waals surface area contributed by atoms with Crippen LogP contribution in [0.15, 0.2) is 54.6 Å². The summed E-state index contributed by atoms with van der Waals surface area (Å²) in [5.74, 6) is 0.714. The first-order chi connectivity index (χ1) is 10.1. The third kappa shape index (κ3) is 3.54. The van der Waals surface area contributed by atoms with Crippen molar-refractivity contribution < 1.29 is 9.53 Å². The van der Waals surface area contributed by atoms with Gasteiger partial charge in [0.25, 0.3) is 0 Å². The van der Waals surface area contributed by atoms with Gasteiger partial charge in [-0.25, -0.2) is 0 Å². The van der Waals surface area contributed by atoms with Crippen LogP contribution in [0.25, 0.3) is 0 Å². The number of methoxy groups -OCH3 is 1. The summed E-state index contributed by atoms with van der Waals surface area (Å²) < 4.78 is 5.28. The molecule has 1 amide bonds. The van der Waals surface area contributed by atoms with Gasteiger partial charge < -0.3 is 15.0 Å². The molecule has 1 unspecified atom stereocenters. The predicted octanol–water partition coefficient (Wildman–Crippen LogP) is 3.16. The van der Waals surface area contributed by atoms with E-state index in [1.54, 1.807) is 19.1 Å². The molecule has 2 rings (SSSR count). The first-order valence-electron chi connectivity index (χ1n) is 6.85. The van der Waals surface area contributed by atoms with Gasteiger partial charge in [0.05, 0.1) is 12.8 Å². The predicted molar refractivity (Wildman–Crippen MR) is 85.9 cm³/mol. The van der Waals surface area contributed by atoms with Gasteiger partial charge in [-0.1, -0.05) is 30.3 Å². The topological polar surface area (TPSA) is 41.6 Å². The molecular weight excluding hydrogens is 264 g/mol. The fraction of sp³-hybridized carbons (Fsp3) is 0.235. The van der Waals surface area contributed by atoms with Gasteiger partial charge in [0, 0.05) is 12.7 Å². The van der Waals surface area contributed by atoms with Crippen molar-refractivity contribution in [3.8, 4) is 5.75 Å². The number of amides is 1. The van der Waals surface area contributed by atoms with Gasteiger partial charge in [-0.3, -0.25) is 4.79 Å². The van der Waals surface area contributed by atoms with Gasteiger partial charge in [0.2, 0.25) is 5.91 Å². The Bertz CT molecular complexity index is 599. The summed E-state index contributed by atoms with van der Waals surface area (Å²) in [5, 5.41) is 3.20. The van der Waals surface area contributed by atoms with Crippen LogP contribution < -0.4 is 15.0 Å². The average Bonchev–Trinajstić information content (AvgIpc) is 2.54. The monoisotopic (exact) mass is 284 g/mol. The molecule has 0 heterocycles. The van der Waals surface area contributed by atoms with Crippen molar-refractivity contribution in [2.75, 3.05) is 24.4 Å². The molecule has 4 heteroatoms. The molecule has 0 aliphatic heterocycles. The van der Waals surface area contributed by atoms with Gasteiger partial charge in [0.1, 0.15) is 11.8 Å². The highest BCUT2D eigenvalue weighted by atomic mass is 16.5. The van der Waals surface area contributed by atoms with E-state index >= 15 is 0 Å². The normalized spacial score (nSPS) is 11.6. The molecule has 0 saturated carbocycles. The molecule has 0 fully saturated rings. The van der Waals surface area contributed by atoms with E-state index in [0.717, 1.165) is 17.1 Å². The van der Waals surface area contributed by atoms with Gasteiger partial charge >= 0.3 is 0 Å². The van der Waals surface area contributed by atoms with Crippen LogP contribution in [0.1, 0.15) is 6.92 Å². The summed E-state index contributed by atoms with van der Waals surface area (Å²) in [6.07, 6.45) is 0. The lowest BCUT2D eigenvalue weighted by Gasteiger charge is -2.23. The summed E-state index contributed by atoms with van der Waals surface area (Å²) in [4.78, 5) is 14.1. The number of likely N-dealkylation sites (N-methyl/N-ethyl adjacent to an activating group) is 1. The standard InChI is InChI=1S/C17H20N2O2/c1-13(18-15-11-7-8-12-16(15)21-3)17(20)19(2)14-9-5-4-6-10-14/h4-13,18H,1-3H3. The number of anilines is 2. The van der Waals surface area contributed by atoms with Gasteiger partial charge in [0.15, 0.2) is 0 Å². The van der Waals surface area contributed by atoms with Crippen LogP contribution in [0, 0.1) is 0 Å². The molecule has 0 bridgehead atoms. The van der Waals surface area contributed by atoms with Crippen LogP contribution in [0.2, 0.25) is 0 Å². The Balaban J connectivity index is 2.09. The van der Waals surface area contributed by atoms with E-state index in [0.29, 0.717) is 0 Å². The van der Waals surface area contributed by atoms with Gasteiger partial charge in [-0.05, 0) is 31.2 Å². The van der Waals surface area contributed by atoms with E-state index in [-0.39, 0.29) is 11.9 Å². The van der Waals surface area contributed by atoms with Crippen LogP contribution in [-0.2, 0) is 4.79 Å². The number of ether oxygens (including phenoxy) is 1. The molecule has 0 radical (unpaired) electrons. The minimum Gasteiger partial charge on any atom is -0.495 e. The number of benzene rings is 2. The summed E-state index contributed by atoms with van der Waals surface area (Å²) in [7, 11) is 3.39. The minimum absolute atomic E-state index is 0.00731. The molecule has 4 nitrogen and oxygen atoms in total. The van der Waals surface area contributed by atoms with Gasteiger partial charge in [-0.15, -0.1) is 0 Å². The Morgan fingerprint density at radius 1 is 1.10 bits per heavy atom. The highest BCUT2D eigenvalue weighted by molar-refractivity contribution is 5.98. The number of nitrogens with one attached hydrogen (secondary N) is 1. The molecule has 0 aromatic heterocycles. The maximum atomic E-state index is 12.5. The quantitative estimate of drug-likeness (QED) is 0.917. The summed E-state index contributed by atoms with van der Waals surface area (Å²) >= 11 is 0. The number of carbonyl (C=O) groups is 1. The summed E-state index contributed by atoms with van der Waals surface area (Å²) in [6, 6.07) is 16.8. The number of carbonyl (C=O) groups excluding carboxylic acids is 1. The maximum absolute atomic E-state index is 12.5. The number of hydrogen-bond acceptors (Lipinski definition) is 3. The lowest BCUT2D eigenvalue weighted by atomic mass is 10.2. The van der Waals surface area contributed by atoms with Crippen molar-refractivity contribution >= 4 is 17.3 Å². The molecule has 0 spiro atoms. The average molecular weight is 284 g/mol. The summed E-state index contributed by atoms with van der Waals surface area (Å²) in [6.45, 7) is 1.84. The second-order valence-electron chi connectivity index (χ2n) is 4.80. The zero-order chi connectivity index (χ0) is 15.2. The maximum Gasteiger partial charge on any atom is 0.248 e. The first kappa shape index (κ1) is 14.9. The fourth-order valence-electron chi connectivity index (χ4n) is 2.13. The van der Waals surface area contributed by atoms with E-state index < -0.39 is 0 Å². The summed E-state index contributed by atoms with van der Waals surface area (Å²) in [5.41, 5.74) is 1.68. The van der Waals surface area contributed by atoms with E-state index in [2.05, 4.69) is 5.32 Å². The Kier molecular flexibility index (Phi) is 4.82. The molecule has 2 aromatic rings. The van der Waals surface area contributed by atoms with Crippen LogP contribution in [0.3, 0.4) is 0 Å². The smallest absolute Gasteiger partial charge is 0.248 e. The molecule has 2 aromatic carbocycles.